The first kappa shape index (κ1) is 40.8. The summed E-state index contributed by atoms with van der Waals surface area (Å²) in [6, 6.07) is 9.11. The predicted molar refractivity (Wildman–Crippen MR) is 208 cm³/mol. The largest absolute Gasteiger partial charge is 0.386 e. The molecule has 0 radical (unpaired) electrons. The fraction of sp³-hybridized carbons (Fsp3) is 0.474. The molecule has 2 aromatic carbocycles. The summed E-state index contributed by atoms with van der Waals surface area (Å²) < 4.78 is 105. The van der Waals surface area contributed by atoms with E-state index in [2.05, 4.69) is 20.3 Å². The maximum Gasteiger partial charge on any atom is 0.274 e. The summed E-state index contributed by atoms with van der Waals surface area (Å²) in [7, 11) is -7.73. The number of sulfone groups is 2. The number of ether oxygens (including phenoxy) is 2. The van der Waals surface area contributed by atoms with Crippen LogP contribution < -0.4 is 16.8 Å². The zero-order chi connectivity index (χ0) is 42.5. The van der Waals surface area contributed by atoms with E-state index in [4.69, 9.17) is 20.9 Å². The molecule has 6 aliphatic rings. The number of hydrogen-bond acceptors (Lipinski definition) is 14. The van der Waals surface area contributed by atoms with E-state index >= 15 is 4.39 Å². The number of carbonyl (C=O) groups is 1. The molecule has 5 heterocycles. The molecule has 3 aromatic rings. The third kappa shape index (κ3) is 6.05. The Morgan fingerprint density at radius 1 is 0.797 bits per heavy atom. The smallest absolute Gasteiger partial charge is 0.274 e. The van der Waals surface area contributed by atoms with Gasteiger partial charge in [-0.05, 0) is 87.8 Å². The van der Waals surface area contributed by atoms with E-state index in [1.807, 2.05) is 0 Å². The Labute approximate surface area is 336 Å². The molecular formula is C38H40F3N7O9S2. The number of nitro groups is 1. The quantitative estimate of drug-likeness (QED) is 0.228. The molecule has 0 bridgehead atoms. The van der Waals surface area contributed by atoms with Crippen molar-refractivity contribution < 1.29 is 49.2 Å². The first-order valence-electron chi connectivity index (χ1n) is 18.8. The van der Waals surface area contributed by atoms with E-state index in [-0.39, 0.29) is 78.1 Å². The second-order valence-electron chi connectivity index (χ2n) is 16.1. The van der Waals surface area contributed by atoms with E-state index in [1.54, 1.807) is 13.8 Å². The van der Waals surface area contributed by atoms with Crippen LogP contribution in [-0.2, 0) is 40.2 Å². The number of non-ortho nitro benzene ring substituents is 1. The lowest BCUT2D eigenvalue weighted by Crippen LogP contribution is -2.62. The van der Waals surface area contributed by atoms with Crippen molar-refractivity contribution in [2.75, 3.05) is 31.7 Å². The number of anilines is 1. The van der Waals surface area contributed by atoms with Gasteiger partial charge in [0.15, 0.2) is 19.7 Å². The monoisotopic (exact) mass is 859 g/mol. The van der Waals surface area contributed by atoms with Crippen molar-refractivity contribution in [1.82, 2.24) is 4.98 Å². The number of aliphatic imine (C=N–C) groups is 2. The minimum atomic E-state index is -3.87. The summed E-state index contributed by atoms with van der Waals surface area (Å²) in [5.74, 6) is -3.05. The highest BCUT2D eigenvalue weighted by molar-refractivity contribution is 7.94. The standard InChI is InChI=1S/C22H22F2N4O4S.C16H18FN3O5S/c1-21(12-2-3-12)20(25)28-22(11-32-10-18(22)33(21,30)31)15-8-14(5-6-16(15)24)27-19(29)17-7-4-13(23)9-26-17;1-15(9-2-3-9)14(18)19-16(8-25-7-13(16)26(15,23)24)11-6-10(20(21)22)4-5-12(11)17/h4-9,12,18H,2-3,10-11H2,1H3,(H2,25,28)(H,27,29);4-6,9,13H,2-3,7-8H2,1H3,(H2,18,19)/t18-,21+,22-;13-,15+,16-/m11/s1. The van der Waals surface area contributed by atoms with Gasteiger partial charge in [0.25, 0.3) is 11.6 Å². The summed E-state index contributed by atoms with van der Waals surface area (Å²) >= 11 is 0. The first-order valence-corrected chi connectivity index (χ1v) is 21.8. The van der Waals surface area contributed by atoms with Crippen molar-refractivity contribution in [3.05, 3.63) is 99.1 Å². The molecule has 59 heavy (non-hydrogen) atoms. The Bertz CT molecular complexity index is 2570. The molecule has 1 aromatic heterocycles. The molecule has 0 unspecified atom stereocenters. The molecule has 6 atom stereocenters. The number of nitro benzene ring substituents is 1. The Morgan fingerprint density at radius 3 is 1.75 bits per heavy atom. The molecule has 314 valence electrons. The number of nitrogens with one attached hydrogen (secondary N) is 1. The van der Waals surface area contributed by atoms with Crippen LogP contribution in [0.4, 0.5) is 24.5 Å². The van der Waals surface area contributed by atoms with E-state index in [0.717, 1.165) is 62.2 Å². The number of pyridine rings is 1. The number of benzene rings is 2. The number of nitrogens with zero attached hydrogens (tertiary/aromatic N) is 4. The fourth-order valence-electron chi connectivity index (χ4n) is 8.91. The SMILES string of the molecule is C[C@]1(C2CC2)C(N)=N[C@@]2(c3cc(NC(=O)c4ccc(F)cn4)ccc3F)COC[C@H]2S1(=O)=O.C[C@]1(C2CC2)C(N)=N[C@@]2(c3cc([N+](=O)[O-])ccc3F)COC[C@H]2S1(=O)=O. The van der Waals surface area contributed by atoms with Gasteiger partial charge in [-0.3, -0.25) is 24.9 Å². The fourth-order valence-corrected chi connectivity index (χ4v) is 14.2. The van der Waals surface area contributed by atoms with Crippen LogP contribution in [0.25, 0.3) is 0 Å². The van der Waals surface area contributed by atoms with Crippen molar-refractivity contribution in [2.45, 2.75) is 70.6 Å². The third-order valence-corrected chi connectivity index (χ3v) is 18.8. The van der Waals surface area contributed by atoms with Gasteiger partial charge in [-0.25, -0.2) is 35.0 Å². The highest BCUT2D eigenvalue weighted by Gasteiger charge is 2.68. The van der Waals surface area contributed by atoms with E-state index < -0.39 is 79.0 Å². The van der Waals surface area contributed by atoms with Gasteiger partial charge < -0.3 is 26.3 Å². The van der Waals surface area contributed by atoms with Gasteiger partial charge in [0.1, 0.15) is 65.9 Å². The lowest BCUT2D eigenvalue weighted by atomic mass is 9.87. The minimum absolute atomic E-state index is 0.0285. The summed E-state index contributed by atoms with van der Waals surface area (Å²) in [6.07, 6.45) is 3.85. The zero-order valence-electron chi connectivity index (χ0n) is 31.7. The number of nitrogens with two attached hydrogens (primary N) is 2. The molecule has 9 rings (SSSR count). The number of aromatic nitrogens is 1. The van der Waals surface area contributed by atoms with Crippen molar-refractivity contribution >= 4 is 48.6 Å². The molecule has 2 aliphatic carbocycles. The van der Waals surface area contributed by atoms with Crippen LogP contribution in [0.1, 0.15) is 61.1 Å². The van der Waals surface area contributed by atoms with Crippen LogP contribution in [0.3, 0.4) is 0 Å². The highest BCUT2D eigenvalue weighted by Crippen LogP contribution is 2.55. The third-order valence-electron chi connectivity index (χ3n) is 12.8. The second-order valence-corrected chi connectivity index (χ2v) is 21.1. The highest BCUT2D eigenvalue weighted by atomic mass is 32.2. The predicted octanol–water partition coefficient (Wildman–Crippen LogP) is 3.44. The van der Waals surface area contributed by atoms with Gasteiger partial charge in [-0.2, -0.15) is 0 Å². The molecule has 5 N–H and O–H groups in total. The van der Waals surface area contributed by atoms with Gasteiger partial charge in [0, 0.05) is 28.9 Å². The molecule has 16 nitrogen and oxygen atoms in total. The summed E-state index contributed by atoms with van der Waals surface area (Å²) in [4.78, 5) is 35.7. The number of carbonyl (C=O) groups excluding carboxylic acids is 1. The second kappa shape index (κ2) is 13.8. The minimum Gasteiger partial charge on any atom is -0.386 e. The van der Waals surface area contributed by atoms with Crippen molar-refractivity contribution in [2.24, 2.45) is 33.3 Å². The lowest BCUT2D eigenvalue weighted by molar-refractivity contribution is -0.385. The molecule has 0 spiro atoms. The average molecular weight is 860 g/mol. The molecule has 1 amide bonds. The van der Waals surface area contributed by atoms with Crippen LogP contribution in [0.2, 0.25) is 0 Å². The number of rotatable bonds is 7. The van der Waals surface area contributed by atoms with Gasteiger partial charge in [0.2, 0.25) is 0 Å². The molecule has 21 heteroatoms. The van der Waals surface area contributed by atoms with Crippen molar-refractivity contribution in [3.8, 4) is 0 Å². The van der Waals surface area contributed by atoms with E-state index in [1.165, 1.54) is 18.2 Å². The number of fused-ring (bicyclic) bond motifs is 2. The Kier molecular flexibility index (Phi) is 9.52. The van der Waals surface area contributed by atoms with Crippen LogP contribution in [0.15, 0.2) is 64.7 Å². The normalized spacial score (nSPS) is 32.7. The lowest BCUT2D eigenvalue weighted by Gasteiger charge is -2.43. The van der Waals surface area contributed by atoms with Crippen LogP contribution in [-0.4, -0.2) is 90.7 Å². The zero-order valence-corrected chi connectivity index (χ0v) is 33.4. The van der Waals surface area contributed by atoms with Gasteiger partial charge >= 0.3 is 0 Å². The number of halogens is 3. The van der Waals surface area contributed by atoms with E-state index in [9.17, 15) is 40.5 Å². The van der Waals surface area contributed by atoms with Crippen LogP contribution in [0.5, 0.6) is 0 Å². The number of hydrogen-bond donors (Lipinski definition) is 3. The number of amides is 1. The molecule has 4 aliphatic heterocycles. The van der Waals surface area contributed by atoms with Crippen molar-refractivity contribution in [1.29, 1.82) is 0 Å². The maximum atomic E-state index is 15.1. The Morgan fingerprint density at radius 2 is 1.29 bits per heavy atom. The van der Waals surface area contributed by atoms with Gasteiger partial charge in [-0.15, -0.1) is 0 Å². The molecule has 2 saturated heterocycles. The number of amidine groups is 2. The Hall–Kier alpha value is -4.99. The topological polar surface area (TPSA) is 249 Å². The van der Waals surface area contributed by atoms with Crippen LogP contribution >= 0.6 is 0 Å². The van der Waals surface area contributed by atoms with Crippen LogP contribution in [0, 0.1) is 39.4 Å². The average Bonchev–Trinajstić information content (AvgIpc) is 4.13. The first-order chi connectivity index (χ1) is 27.7. The Balaban J connectivity index is 0.000000169. The summed E-state index contributed by atoms with van der Waals surface area (Å²) in [5, 5.41) is 11.4. The van der Waals surface area contributed by atoms with E-state index in [0.29, 0.717) is 0 Å². The molecule has 2 saturated carbocycles. The summed E-state index contributed by atoms with van der Waals surface area (Å²) in [5.41, 5.74) is 8.82. The van der Waals surface area contributed by atoms with Crippen molar-refractivity contribution in [3.63, 3.8) is 0 Å². The maximum absolute atomic E-state index is 15.1. The molecular weight excluding hydrogens is 820 g/mol. The summed E-state index contributed by atoms with van der Waals surface area (Å²) in [6.45, 7) is 2.51. The molecule has 4 fully saturated rings. The van der Waals surface area contributed by atoms with Gasteiger partial charge in [0.05, 0.1) is 37.5 Å². The van der Waals surface area contributed by atoms with Gasteiger partial charge in [-0.1, -0.05) is 0 Å².